The zero-order valence-corrected chi connectivity index (χ0v) is 9.31. The molecule has 0 unspecified atom stereocenters. The van der Waals surface area contributed by atoms with E-state index in [1.165, 1.54) is 0 Å². The number of carbonyl (C=O) groups is 1. The van der Waals surface area contributed by atoms with Gasteiger partial charge in [-0.05, 0) is 17.9 Å². The van der Waals surface area contributed by atoms with Crippen molar-refractivity contribution in [3.8, 4) is 0 Å². The highest BCUT2D eigenvalue weighted by atomic mass is 16.4. The lowest BCUT2D eigenvalue weighted by Crippen LogP contribution is -2.19. The summed E-state index contributed by atoms with van der Waals surface area (Å²) in [5.74, 6) is -0.900. The van der Waals surface area contributed by atoms with Crippen LogP contribution >= 0.6 is 0 Å². The highest BCUT2D eigenvalue weighted by molar-refractivity contribution is 5.76. The van der Waals surface area contributed by atoms with E-state index < -0.39 is 5.97 Å². The zero-order chi connectivity index (χ0) is 11.3. The van der Waals surface area contributed by atoms with Crippen molar-refractivity contribution in [3.05, 3.63) is 35.9 Å². The predicted molar refractivity (Wildman–Crippen MR) is 60.9 cm³/mol. The average molecular weight is 206 g/mol. The van der Waals surface area contributed by atoms with E-state index in [0.29, 0.717) is 0 Å². The van der Waals surface area contributed by atoms with Crippen molar-refractivity contribution < 1.29 is 9.90 Å². The quantitative estimate of drug-likeness (QED) is 0.802. The maximum absolute atomic E-state index is 11.2. The number of hydrogen-bond donors (Lipinski definition) is 1. The molecule has 0 aliphatic carbocycles. The molecule has 0 aromatic heterocycles. The third kappa shape index (κ3) is 3.08. The van der Waals surface area contributed by atoms with Gasteiger partial charge in [-0.25, -0.2) is 0 Å². The Morgan fingerprint density at radius 3 is 2.40 bits per heavy atom. The van der Waals surface area contributed by atoms with Crippen LogP contribution in [0.5, 0.6) is 0 Å². The third-order valence-corrected chi connectivity index (χ3v) is 2.74. The van der Waals surface area contributed by atoms with Gasteiger partial charge in [0.2, 0.25) is 0 Å². The third-order valence-electron chi connectivity index (χ3n) is 2.74. The molecule has 0 heterocycles. The number of benzene rings is 1. The van der Waals surface area contributed by atoms with Crippen LogP contribution in [0.15, 0.2) is 30.3 Å². The van der Waals surface area contributed by atoms with Gasteiger partial charge in [-0.1, -0.05) is 50.6 Å². The van der Waals surface area contributed by atoms with Crippen molar-refractivity contribution in [1.82, 2.24) is 0 Å². The molecule has 0 saturated carbocycles. The lowest BCUT2D eigenvalue weighted by molar-refractivity contribution is -0.140. The molecule has 2 atom stereocenters. The van der Waals surface area contributed by atoms with Crippen molar-refractivity contribution in [2.45, 2.75) is 32.6 Å². The first kappa shape index (κ1) is 11.8. The fraction of sp³-hybridized carbons (Fsp3) is 0.462. The van der Waals surface area contributed by atoms with Crippen LogP contribution in [0.1, 0.15) is 38.2 Å². The smallest absolute Gasteiger partial charge is 0.311 e. The molecule has 2 heteroatoms. The number of aliphatic carboxylic acids is 1. The molecule has 1 aromatic rings. The summed E-state index contributed by atoms with van der Waals surface area (Å²) >= 11 is 0. The van der Waals surface area contributed by atoms with E-state index in [0.717, 1.165) is 18.4 Å². The van der Waals surface area contributed by atoms with Crippen LogP contribution in [0.4, 0.5) is 0 Å². The van der Waals surface area contributed by atoms with Gasteiger partial charge in [0.05, 0.1) is 5.92 Å². The SMILES string of the molecule is CCC[C@@H](C)[C@@H](C(=O)O)c1ccccc1. The second-order valence-electron chi connectivity index (χ2n) is 3.99. The Morgan fingerprint density at radius 2 is 1.93 bits per heavy atom. The van der Waals surface area contributed by atoms with Gasteiger partial charge in [-0.2, -0.15) is 0 Å². The summed E-state index contributed by atoms with van der Waals surface area (Å²) in [4.78, 5) is 11.2. The monoisotopic (exact) mass is 206 g/mol. The Hall–Kier alpha value is -1.31. The summed E-state index contributed by atoms with van der Waals surface area (Å²) in [6, 6.07) is 9.48. The lowest BCUT2D eigenvalue weighted by atomic mass is 9.85. The van der Waals surface area contributed by atoms with Gasteiger partial charge in [0.1, 0.15) is 0 Å². The molecule has 0 radical (unpaired) electrons. The number of carboxylic acid groups (broad SMARTS) is 1. The second kappa shape index (κ2) is 5.54. The molecule has 0 aliphatic rings. The fourth-order valence-corrected chi connectivity index (χ4v) is 2.00. The number of hydrogen-bond acceptors (Lipinski definition) is 1. The summed E-state index contributed by atoms with van der Waals surface area (Å²) in [5.41, 5.74) is 0.908. The molecule has 0 aliphatic heterocycles. The molecule has 15 heavy (non-hydrogen) atoms. The minimum atomic E-state index is -0.720. The van der Waals surface area contributed by atoms with Crippen LogP contribution in [-0.4, -0.2) is 11.1 Å². The van der Waals surface area contributed by atoms with Crippen molar-refractivity contribution in [1.29, 1.82) is 0 Å². The van der Waals surface area contributed by atoms with E-state index in [1.54, 1.807) is 0 Å². The zero-order valence-electron chi connectivity index (χ0n) is 9.31. The minimum absolute atomic E-state index is 0.190. The first-order valence-corrected chi connectivity index (χ1v) is 5.44. The van der Waals surface area contributed by atoms with E-state index in [1.807, 2.05) is 37.3 Å². The van der Waals surface area contributed by atoms with Crippen LogP contribution in [0.2, 0.25) is 0 Å². The van der Waals surface area contributed by atoms with Gasteiger partial charge in [-0.15, -0.1) is 0 Å². The number of rotatable bonds is 5. The van der Waals surface area contributed by atoms with Gasteiger partial charge in [0, 0.05) is 0 Å². The average Bonchev–Trinajstić information content (AvgIpc) is 2.19. The molecular formula is C13H18O2. The maximum atomic E-state index is 11.2. The fourth-order valence-electron chi connectivity index (χ4n) is 2.00. The largest absolute Gasteiger partial charge is 0.481 e. The Balaban J connectivity index is 2.88. The van der Waals surface area contributed by atoms with Crippen LogP contribution in [0, 0.1) is 5.92 Å². The molecule has 0 saturated heterocycles. The van der Waals surface area contributed by atoms with Crippen molar-refractivity contribution in [2.24, 2.45) is 5.92 Å². The van der Waals surface area contributed by atoms with Crippen molar-refractivity contribution >= 4 is 5.97 Å². The molecule has 82 valence electrons. The summed E-state index contributed by atoms with van der Waals surface area (Å²) in [5, 5.41) is 9.22. The van der Waals surface area contributed by atoms with E-state index in [4.69, 9.17) is 0 Å². The standard InChI is InChI=1S/C13H18O2/c1-3-7-10(2)12(13(14)15)11-8-5-4-6-9-11/h4-6,8-10,12H,3,7H2,1-2H3,(H,14,15)/t10-,12-/m1/s1. The molecule has 0 bridgehead atoms. The van der Waals surface area contributed by atoms with Gasteiger partial charge in [0.25, 0.3) is 0 Å². The second-order valence-corrected chi connectivity index (χ2v) is 3.99. The van der Waals surface area contributed by atoms with E-state index in [2.05, 4.69) is 6.92 Å². The Labute approximate surface area is 90.9 Å². The topological polar surface area (TPSA) is 37.3 Å². The molecule has 1 rings (SSSR count). The van der Waals surface area contributed by atoms with E-state index >= 15 is 0 Å². The Morgan fingerprint density at radius 1 is 1.33 bits per heavy atom. The van der Waals surface area contributed by atoms with Crippen molar-refractivity contribution in [3.63, 3.8) is 0 Å². The van der Waals surface area contributed by atoms with E-state index in [9.17, 15) is 9.90 Å². The van der Waals surface area contributed by atoms with Crippen LogP contribution in [-0.2, 0) is 4.79 Å². The van der Waals surface area contributed by atoms with Gasteiger partial charge < -0.3 is 5.11 Å². The van der Waals surface area contributed by atoms with Crippen LogP contribution < -0.4 is 0 Å². The summed E-state index contributed by atoms with van der Waals surface area (Å²) in [6.45, 7) is 4.09. The maximum Gasteiger partial charge on any atom is 0.311 e. The highest BCUT2D eigenvalue weighted by Crippen LogP contribution is 2.27. The molecular weight excluding hydrogens is 188 g/mol. The summed E-state index contributed by atoms with van der Waals surface area (Å²) in [6.07, 6.45) is 1.98. The van der Waals surface area contributed by atoms with Crippen molar-refractivity contribution in [2.75, 3.05) is 0 Å². The molecule has 0 fully saturated rings. The summed E-state index contributed by atoms with van der Waals surface area (Å²) in [7, 11) is 0. The molecule has 1 aromatic carbocycles. The Kier molecular flexibility index (Phi) is 4.35. The first-order valence-electron chi connectivity index (χ1n) is 5.44. The van der Waals surface area contributed by atoms with E-state index in [-0.39, 0.29) is 11.8 Å². The van der Waals surface area contributed by atoms with Crippen LogP contribution in [0.3, 0.4) is 0 Å². The van der Waals surface area contributed by atoms with Gasteiger partial charge >= 0.3 is 5.97 Å². The highest BCUT2D eigenvalue weighted by Gasteiger charge is 2.25. The molecule has 2 nitrogen and oxygen atoms in total. The number of carboxylic acids is 1. The summed E-state index contributed by atoms with van der Waals surface area (Å²) < 4.78 is 0. The normalized spacial score (nSPS) is 14.5. The molecule has 0 spiro atoms. The lowest BCUT2D eigenvalue weighted by Gasteiger charge is -2.19. The molecule has 1 N–H and O–H groups in total. The van der Waals surface area contributed by atoms with Gasteiger partial charge in [-0.3, -0.25) is 4.79 Å². The van der Waals surface area contributed by atoms with Gasteiger partial charge in [0.15, 0.2) is 0 Å². The molecule has 0 amide bonds. The minimum Gasteiger partial charge on any atom is -0.481 e. The predicted octanol–water partition coefficient (Wildman–Crippen LogP) is 3.29. The first-order chi connectivity index (χ1) is 7.16. The Bertz CT molecular complexity index is 306. The van der Waals surface area contributed by atoms with Crippen LogP contribution in [0.25, 0.3) is 0 Å².